The van der Waals surface area contributed by atoms with Gasteiger partial charge < -0.3 is 43.3 Å². The number of hydrogen-bond donors (Lipinski definition) is 4. The fourth-order valence-corrected chi connectivity index (χ4v) is 7.71. The lowest BCUT2D eigenvalue weighted by molar-refractivity contribution is -0.127. The topological polar surface area (TPSA) is 144 Å². The first-order valence-corrected chi connectivity index (χ1v) is 13.3. The second-order valence-electron chi connectivity index (χ2n) is 4.51. The number of aliphatic hydroxyl groups is 4. The molecule has 0 saturated heterocycles. The largest absolute Gasteiger partial charge is 0.394 e. The van der Waals surface area contributed by atoms with Crippen LogP contribution in [0.4, 0.5) is 0 Å². The molecule has 0 aliphatic rings. The van der Waals surface area contributed by atoms with Crippen molar-refractivity contribution in [2.45, 2.75) is 46.0 Å². The summed E-state index contributed by atoms with van der Waals surface area (Å²) in [4.78, 5) is 9.76. The molecule has 0 aliphatic carbocycles. The smallest absolute Gasteiger partial charge is 0.334 e. The molecule has 0 aliphatic heterocycles. The maximum Gasteiger partial charge on any atom is 0.334 e. The lowest BCUT2D eigenvalue weighted by atomic mass is 10.1. The summed E-state index contributed by atoms with van der Waals surface area (Å²) in [6.45, 7) is 2.40. The molecule has 4 N–H and O–H groups in total. The summed E-state index contributed by atoms with van der Waals surface area (Å²) in [5, 5.41) is 34.1. The third kappa shape index (κ3) is 13.5. The van der Waals surface area contributed by atoms with E-state index in [-0.39, 0.29) is 6.29 Å². The molecular weight excluding hydrogens is 442 g/mol. The molecule has 0 bridgehead atoms. The number of rotatable bonds is 14. The van der Waals surface area contributed by atoms with Crippen LogP contribution in [0.25, 0.3) is 0 Å². The van der Waals surface area contributed by atoms with Crippen LogP contribution in [-0.4, -0.2) is 78.1 Å². The highest BCUT2D eigenvalue weighted by atomic mass is 32.5. The number of carbonyl (C=O) groups is 1. The Hall–Kier alpha value is 0.610. The predicted molar refractivity (Wildman–Crippen MR) is 107 cm³/mol. The van der Waals surface area contributed by atoms with Gasteiger partial charge >= 0.3 is 13.4 Å². The second kappa shape index (κ2) is 16.4. The van der Waals surface area contributed by atoms with Gasteiger partial charge in [0.05, 0.1) is 33.0 Å². The Morgan fingerprint density at radius 3 is 1.41 bits per heavy atom. The van der Waals surface area contributed by atoms with Crippen LogP contribution in [0.15, 0.2) is 0 Å². The molecular formula is C13H30O10P2S2. The van der Waals surface area contributed by atoms with Gasteiger partial charge in [0.15, 0.2) is 6.29 Å². The number of hydrogen-bond acceptors (Lipinski definition) is 12. The molecule has 0 amide bonds. The molecule has 0 fully saturated rings. The Labute approximate surface area is 170 Å². The third-order valence-corrected chi connectivity index (χ3v) is 8.78. The van der Waals surface area contributed by atoms with Crippen LogP contribution in [0.1, 0.15) is 27.7 Å². The molecule has 0 heterocycles. The Morgan fingerprint density at radius 1 is 0.852 bits per heavy atom. The van der Waals surface area contributed by atoms with Crippen LogP contribution in [-0.2, 0) is 50.8 Å². The highest BCUT2D eigenvalue weighted by Crippen LogP contribution is 2.66. The zero-order valence-corrected chi connectivity index (χ0v) is 19.2. The van der Waals surface area contributed by atoms with Crippen LogP contribution in [0.2, 0.25) is 0 Å². The SMILES string of the molecule is CCOP(=S)(OCC)OP(=S)(OCC)OCC.O=C[C@H](O)[C@H](O)[C@H](O)CO. The van der Waals surface area contributed by atoms with Gasteiger partial charge in [-0.1, -0.05) is 0 Å². The molecule has 3 atom stereocenters. The molecule has 0 rings (SSSR count). The maximum absolute atomic E-state index is 9.76. The highest BCUT2D eigenvalue weighted by Gasteiger charge is 2.32. The molecule has 27 heavy (non-hydrogen) atoms. The fraction of sp³-hybridized carbons (Fsp3) is 0.923. The van der Waals surface area contributed by atoms with Crippen molar-refractivity contribution in [2.75, 3.05) is 33.0 Å². The molecule has 0 aromatic heterocycles. The minimum absolute atomic E-state index is 0.0869. The molecule has 0 spiro atoms. The molecule has 0 aromatic carbocycles. The Balaban J connectivity index is 0. The van der Waals surface area contributed by atoms with Gasteiger partial charge in [0, 0.05) is 0 Å². The van der Waals surface area contributed by atoms with Crippen LogP contribution in [0, 0.1) is 0 Å². The van der Waals surface area contributed by atoms with E-state index in [1.54, 1.807) is 0 Å². The van der Waals surface area contributed by atoms with E-state index < -0.39 is 38.4 Å². The molecule has 10 nitrogen and oxygen atoms in total. The minimum atomic E-state index is -2.87. The fourth-order valence-electron chi connectivity index (χ4n) is 1.34. The minimum Gasteiger partial charge on any atom is -0.394 e. The monoisotopic (exact) mass is 472 g/mol. The Kier molecular flexibility index (Phi) is 18.1. The summed E-state index contributed by atoms with van der Waals surface area (Å²) in [7, 11) is 0. The third-order valence-electron chi connectivity index (χ3n) is 2.42. The average molecular weight is 472 g/mol. The van der Waals surface area contributed by atoms with E-state index in [0.717, 1.165) is 0 Å². The lowest BCUT2D eigenvalue weighted by Crippen LogP contribution is -2.40. The van der Waals surface area contributed by atoms with E-state index in [1.807, 2.05) is 27.7 Å². The average Bonchev–Trinajstić information content (AvgIpc) is 2.60. The first-order valence-electron chi connectivity index (χ1n) is 8.18. The van der Waals surface area contributed by atoms with E-state index in [1.165, 1.54) is 0 Å². The summed E-state index contributed by atoms with van der Waals surface area (Å²) in [5.41, 5.74) is 0. The van der Waals surface area contributed by atoms with Crippen molar-refractivity contribution in [1.82, 2.24) is 0 Å². The number of aldehydes is 1. The van der Waals surface area contributed by atoms with Crippen molar-refractivity contribution in [3.63, 3.8) is 0 Å². The van der Waals surface area contributed by atoms with E-state index in [0.29, 0.717) is 26.4 Å². The summed E-state index contributed by atoms with van der Waals surface area (Å²) in [5.74, 6) is 0. The van der Waals surface area contributed by atoms with Crippen molar-refractivity contribution in [2.24, 2.45) is 0 Å². The summed E-state index contributed by atoms with van der Waals surface area (Å²) >= 11 is 10.4. The van der Waals surface area contributed by atoms with Crippen molar-refractivity contribution in [1.29, 1.82) is 0 Å². The second-order valence-corrected chi connectivity index (χ2v) is 10.7. The summed E-state index contributed by atoms with van der Waals surface area (Å²) < 4.78 is 26.9. The van der Waals surface area contributed by atoms with Crippen molar-refractivity contribution >= 4 is 43.3 Å². The molecule has 0 unspecified atom stereocenters. The molecule has 0 aromatic rings. The number of carbonyl (C=O) groups excluding carboxylic acids is 1. The van der Waals surface area contributed by atoms with Gasteiger partial charge in [-0.2, -0.15) is 0 Å². The Morgan fingerprint density at radius 2 is 1.19 bits per heavy atom. The first kappa shape index (κ1) is 29.8. The molecule has 14 heteroatoms. The van der Waals surface area contributed by atoms with E-state index >= 15 is 0 Å². The standard InChI is InChI=1S/C8H20O5P2S2.C5H10O5/c1-5-9-14(16,10-6-2)13-15(17,11-7-3)12-8-4;6-1-3(8)5(10)4(9)2-7/h5-8H2,1-4H3;1,3-5,7-10H,2H2/t;3-,4+,5-/m.0/s1. The number of aliphatic hydroxyl groups excluding tert-OH is 4. The maximum atomic E-state index is 9.76. The van der Waals surface area contributed by atoms with Crippen molar-refractivity contribution < 1.29 is 47.6 Å². The summed E-state index contributed by atoms with van der Waals surface area (Å²) in [6.07, 6.45) is -4.63. The van der Waals surface area contributed by atoms with E-state index in [2.05, 4.69) is 0 Å². The van der Waals surface area contributed by atoms with Gasteiger partial charge in [-0.3, -0.25) is 0 Å². The molecule has 0 saturated carbocycles. The molecule has 164 valence electrons. The normalized spacial score (nSPS) is 15.4. The van der Waals surface area contributed by atoms with Crippen LogP contribution < -0.4 is 0 Å². The van der Waals surface area contributed by atoms with Gasteiger partial charge in [-0.25, -0.2) is 4.31 Å². The van der Waals surface area contributed by atoms with E-state index in [9.17, 15) is 4.79 Å². The quantitative estimate of drug-likeness (QED) is 0.210. The van der Waals surface area contributed by atoms with Crippen LogP contribution >= 0.6 is 13.4 Å². The lowest BCUT2D eigenvalue weighted by Gasteiger charge is -2.27. The van der Waals surface area contributed by atoms with Crippen LogP contribution in [0.3, 0.4) is 0 Å². The Bertz CT molecular complexity index is 434. The zero-order chi connectivity index (χ0) is 21.5. The van der Waals surface area contributed by atoms with Gasteiger partial charge in [0.25, 0.3) is 0 Å². The van der Waals surface area contributed by atoms with Gasteiger partial charge in [-0.15, -0.1) is 0 Å². The van der Waals surface area contributed by atoms with Gasteiger partial charge in [-0.05, 0) is 51.3 Å². The van der Waals surface area contributed by atoms with Gasteiger partial charge in [0.1, 0.15) is 18.3 Å². The van der Waals surface area contributed by atoms with Gasteiger partial charge in [0.2, 0.25) is 0 Å². The van der Waals surface area contributed by atoms with Crippen LogP contribution in [0.5, 0.6) is 0 Å². The highest BCUT2D eigenvalue weighted by molar-refractivity contribution is 8.14. The summed E-state index contributed by atoms with van der Waals surface area (Å²) in [6, 6.07) is 0. The zero-order valence-electron chi connectivity index (χ0n) is 15.8. The van der Waals surface area contributed by atoms with Crippen molar-refractivity contribution in [3.8, 4) is 0 Å². The van der Waals surface area contributed by atoms with Crippen molar-refractivity contribution in [3.05, 3.63) is 0 Å². The molecule has 0 radical (unpaired) electrons. The first-order chi connectivity index (χ1) is 12.6. The van der Waals surface area contributed by atoms with E-state index in [4.69, 9.17) is 66.4 Å². The predicted octanol–water partition coefficient (Wildman–Crippen LogP) is 0.858.